The van der Waals surface area contributed by atoms with Gasteiger partial charge in [-0.1, -0.05) is 65.8 Å². The Labute approximate surface area is 192 Å². The summed E-state index contributed by atoms with van der Waals surface area (Å²) in [5, 5.41) is 34.9. The maximum atomic E-state index is 12.1. The number of rotatable bonds is 4. The van der Waals surface area contributed by atoms with Gasteiger partial charge in [-0.2, -0.15) is 0 Å². The van der Waals surface area contributed by atoms with Crippen molar-refractivity contribution < 1.29 is 20.1 Å². The Hall–Kier alpha value is -1.49. The van der Waals surface area contributed by atoms with Gasteiger partial charge in [-0.05, 0) is 71.1 Å². The van der Waals surface area contributed by atoms with Crippen LogP contribution in [-0.4, -0.2) is 38.9 Å². The molecule has 4 heteroatoms. The van der Waals surface area contributed by atoms with E-state index in [1.54, 1.807) is 6.08 Å². The van der Waals surface area contributed by atoms with E-state index in [1.165, 1.54) is 0 Å². The van der Waals surface area contributed by atoms with E-state index in [-0.39, 0.29) is 17.6 Å². The smallest absolute Gasteiger partial charge is 0.156 e. The third-order valence-electron chi connectivity index (χ3n) is 9.54. The molecule has 176 valence electrons. The van der Waals surface area contributed by atoms with Crippen LogP contribution in [0.3, 0.4) is 0 Å². The summed E-state index contributed by atoms with van der Waals surface area (Å²) >= 11 is 0. The minimum absolute atomic E-state index is 0.0640. The molecular formula is C28H40O4. The molecule has 8 atom stereocenters. The summed E-state index contributed by atoms with van der Waals surface area (Å²) in [6.07, 6.45) is 10.3. The van der Waals surface area contributed by atoms with Crippen LogP contribution in [0.4, 0.5) is 0 Å². The molecule has 0 radical (unpaired) electrons. The molecule has 0 bridgehead atoms. The molecule has 0 spiro atoms. The molecule has 4 nitrogen and oxygen atoms in total. The first-order valence-corrected chi connectivity index (χ1v) is 12.3. The van der Waals surface area contributed by atoms with Crippen molar-refractivity contribution in [2.75, 3.05) is 0 Å². The molecule has 1 fully saturated rings. The van der Waals surface area contributed by atoms with Crippen LogP contribution in [-0.2, 0) is 4.79 Å². The van der Waals surface area contributed by atoms with Crippen molar-refractivity contribution >= 4 is 5.78 Å². The van der Waals surface area contributed by atoms with Gasteiger partial charge >= 0.3 is 0 Å². The normalized spacial score (nSPS) is 43.2. The zero-order chi connectivity index (χ0) is 23.6. The molecule has 1 saturated carbocycles. The molecule has 3 N–H and O–H groups in total. The molecule has 0 heterocycles. The molecule has 0 amide bonds. The van der Waals surface area contributed by atoms with E-state index in [9.17, 15) is 20.1 Å². The fourth-order valence-electron chi connectivity index (χ4n) is 7.00. The van der Waals surface area contributed by atoms with Crippen molar-refractivity contribution in [3.8, 4) is 0 Å². The molecular weight excluding hydrogens is 400 g/mol. The summed E-state index contributed by atoms with van der Waals surface area (Å²) in [6, 6.07) is 0. The average Bonchev–Trinajstić information content (AvgIpc) is 2.98. The van der Waals surface area contributed by atoms with Crippen LogP contribution in [0, 0.1) is 34.5 Å². The number of hydrogen-bond acceptors (Lipinski definition) is 4. The van der Waals surface area contributed by atoms with Crippen LogP contribution in [0.2, 0.25) is 0 Å². The minimum atomic E-state index is -1.50. The second kappa shape index (κ2) is 7.78. The Balaban J connectivity index is 1.80. The number of carbonyl (C=O) groups is 1. The SMILES string of the molecule is CC(C)[C@@H](C)C=C[C@@H](C)[C@H]1C[C@H](O)C2=C3C=CC4=CC(=O)CC[C@]4(C)[C@@]3(O)[C@H](O)C[C@@]21C. The van der Waals surface area contributed by atoms with E-state index in [1.807, 2.05) is 19.1 Å². The summed E-state index contributed by atoms with van der Waals surface area (Å²) in [6.45, 7) is 13.0. The standard InChI is InChI=1S/C28H40O4/c1-16(2)17(3)7-8-18(4)22-14-23(30)25-21-10-9-19-13-20(29)11-12-27(19,6)28(21,32)24(31)15-26(22,25)5/h7-10,13,16-18,22-24,30-32H,11-12,14-15H2,1-6H3/t17-,18+,22+,23-,24+,26+,27-,28-/m0/s1. The molecule has 4 aliphatic rings. The molecule has 0 aromatic heterocycles. The highest BCUT2D eigenvalue weighted by atomic mass is 16.3. The predicted molar refractivity (Wildman–Crippen MR) is 127 cm³/mol. The minimum Gasteiger partial charge on any atom is -0.390 e. The third-order valence-corrected chi connectivity index (χ3v) is 9.54. The summed E-state index contributed by atoms with van der Waals surface area (Å²) in [7, 11) is 0. The fraction of sp³-hybridized carbons (Fsp3) is 0.679. The van der Waals surface area contributed by atoms with Crippen LogP contribution in [0.15, 0.2) is 47.1 Å². The van der Waals surface area contributed by atoms with Crippen molar-refractivity contribution in [2.24, 2.45) is 34.5 Å². The van der Waals surface area contributed by atoms with Gasteiger partial charge in [0.15, 0.2) is 5.78 Å². The van der Waals surface area contributed by atoms with Crippen LogP contribution in [0.25, 0.3) is 0 Å². The van der Waals surface area contributed by atoms with Crippen LogP contribution in [0.5, 0.6) is 0 Å². The fourth-order valence-corrected chi connectivity index (χ4v) is 7.00. The highest BCUT2D eigenvalue weighted by Gasteiger charge is 2.65. The van der Waals surface area contributed by atoms with E-state index < -0.39 is 28.6 Å². The Morgan fingerprint density at radius 2 is 1.78 bits per heavy atom. The number of aliphatic hydroxyl groups excluding tert-OH is 2. The van der Waals surface area contributed by atoms with E-state index in [2.05, 4.69) is 46.8 Å². The van der Waals surface area contributed by atoms with Gasteiger partial charge in [0.1, 0.15) is 5.60 Å². The number of aliphatic hydroxyl groups is 3. The zero-order valence-electron chi connectivity index (χ0n) is 20.4. The van der Waals surface area contributed by atoms with Gasteiger partial charge in [0.05, 0.1) is 12.2 Å². The molecule has 4 rings (SSSR count). The van der Waals surface area contributed by atoms with Crippen molar-refractivity contribution in [1.82, 2.24) is 0 Å². The topological polar surface area (TPSA) is 77.8 Å². The van der Waals surface area contributed by atoms with Crippen LogP contribution >= 0.6 is 0 Å². The highest BCUT2D eigenvalue weighted by molar-refractivity contribution is 5.92. The van der Waals surface area contributed by atoms with Gasteiger partial charge in [-0.25, -0.2) is 0 Å². The lowest BCUT2D eigenvalue weighted by Crippen LogP contribution is -2.63. The Morgan fingerprint density at radius 3 is 2.44 bits per heavy atom. The van der Waals surface area contributed by atoms with Crippen molar-refractivity contribution in [1.29, 1.82) is 0 Å². The molecule has 0 aliphatic heterocycles. The molecule has 0 unspecified atom stereocenters. The maximum absolute atomic E-state index is 12.1. The third kappa shape index (κ3) is 3.17. The molecule has 0 aromatic rings. The molecule has 32 heavy (non-hydrogen) atoms. The molecule has 4 aliphatic carbocycles. The lowest BCUT2D eigenvalue weighted by atomic mass is 9.49. The highest BCUT2D eigenvalue weighted by Crippen LogP contribution is 2.65. The monoisotopic (exact) mass is 440 g/mol. The van der Waals surface area contributed by atoms with E-state index in [4.69, 9.17) is 0 Å². The first-order valence-electron chi connectivity index (χ1n) is 12.3. The predicted octanol–water partition coefficient (Wildman–Crippen LogP) is 4.52. The van der Waals surface area contributed by atoms with E-state index in [0.29, 0.717) is 43.1 Å². The van der Waals surface area contributed by atoms with Crippen LogP contribution < -0.4 is 0 Å². The molecule has 0 saturated heterocycles. The first-order chi connectivity index (χ1) is 14.9. The van der Waals surface area contributed by atoms with Gasteiger partial charge in [-0.15, -0.1) is 0 Å². The van der Waals surface area contributed by atoms with Crippen molar-refractivity contribution in [2.45, 2.75) is 85.0 Å². The number of hydrogen-bond donors (Lipinski definition) is 3. The van der Waals surface area contributed by atoms with Gasteiger partial charge in [0, 0.05) is 11.8 Å². The number of fused-ring (bicyclic) bond motifs is 4. The van der Waals surface area contributed by atoms with Gasteiger partial charge < -0.3 is 15.3 Å². The van der Waals surface area contributed by atoms with Gasteiger partial charge in [-0.3, -0.25) is 4.79 Å². The summed E-state index contributed by atoms with van der Waals surface area (Å²) in [5.41, 5.74) is -0.280. The quantitative estimate of drug-likeness (QED) is 0.562. The van der Waals surface area contributed by atoms with E-state index in [0.717, 1.165) is 11.1 Å². The lowest BCUT2D eigenvalue weighted by Gasteiger charge is -2.58. The zero-order valence-corrected chi connectivity index (χ0v) is 20.4. The number of ketones is 1. The van der Waals surface area contributed by atoms with Gasteiger partial charge in [0.25, 0.3) is 0 Å². The largest absolute Gasteiger partial charge is 0.390 e. The summed E-state index contributed by atoms with van der Waals surface area (Å²) < 4.78 is 0. The van der Waals surface area contributed by atoms with Crippen molar-refractivity contribution in [3.05, 3.63) is 47.1 Å². The second-order valence-corrected chi connectivity index (χ2v) is 11.7. The first kappa shape index (κ1) is 23.7. The summed E-state index contributed by atoms with van der Waals surface area (Å²) in [5.74, 6) is 1.55. The van der Waals surface area contributed by atoms with Crippen molar-refractivity contribution in [3.63, 3.8) is 0 Å². The number of carbonyl (C=O) groups excluding carboxylic acids is 1. The number of allylic oxidation sites excluding steroid dienone is 4. The lowest BCUT2D eigenvalue weighted by molar-refractivity contribution is -0.143. The van der Waals surface area contributed by atoms with E-state index >= 15 is 0 Å². The maximum Gasteiger partial charge on any atom is 0.156 e. The van der Waals surface area contributed by atoms with Crippen LogP contribution in [0.1, 0.15) is 67.2 Å². The van der Waals surface area contributed by atoms with Gasteiger partial charge in [0.2, 0.25) is 0 Å². The summed E-state index contributed by atoms with van der Waals surface area (Å²) in [4.78, 5) is 12.0. The Morgan fingerprint density at radius 1 is 1.09 bits per heavy atom. The Bertz CT molecular complexity index is 924. The molecule has 0 aromatic carbocycles. The average molecular weight is 441 g/mol. The Kier molecular flexibility index (Phi) is 5.76. The second-order valence-electron chi connectivity index (χ2n) is 11.7.